The molecule has 0 atom stereocenters. The van der Waals surface area contributed by atoms with Crippen LogP contribution < -0.4 is 5.32 Å². The summed E-state index contributed by atoms with van der Waals surface area (Å²) in [6.07, 6.45) is 0.574. The minimum atomic E-state index is -0.634. The molecular formula is C9H17NO5. The molecule has 1 amide bonds. The fourth-order valence-corrected chi connectivity index (χ4v) is 0.777. The molecule has 2 N–H and O–H groups in total. The third-order valence-electron chi connectivity index (χ3n) is 1.47. The Morgan fingerprint density at radius 3 is 2.60 bits per heavy atom. The van der Waals surface area contributed by atoms with Crippen LogP contribution in [0.15, 0.2) is 0 Å². The number of amides is 1. The molecule has 0 spiro atoms. The second-order valence-corrected chi connectivity index (χ2v) is 2.73. The summed E-state index contributed by atoms with van der Waals surface area (Å²) in [5, 5.41) is 10.7. The molecule has 0 aromatic carbocycles. The van der Waals surface area contributed by atoms with Gasteiger partial charge in [-0.2, -0.15) is 0 Å². The van der Waals surface area contributed by atoms with Crippen molar-refractivity contribution in [2.75, 3.05) is 26.4 Å². The third-order valence-corrected chi connectivity index (χ3v) is 1.47. The number of hydrogen-bond donors (Lipinski definition) is 2. The van der Waals surface area contributed by atoms with Gasteiger partial charge in [0.2, 0.25) is 0 Å². The number of aliphatic hydroxyl groups is 1. The molecule has 0 fully saturated rings. The maximum absolute atomic E-state index is 11.0. The van der Waals surface area contributed by atoms with Crippen LogP contribution in [0.3, 0.4) is 0 Å². The quantitative estimate of drug-likeness (QED) is 0.466. The lowest BCUT2D eigenvalue weighted by Gasteiger charge is -2.05. The van der Waals surface area contributed by atoms with Crippen LogP contribution in [0.1, 0.15) is 19.8 Å². The number of nitrogens with one attached hydrogen (secondary N) is 1. The van der Waals surface area contributed by atoms with E-state index < -0.39 is 12.1 Å². The van der Waals surface area contributed by atoms with E-state index >= 15 is 0 Å². The molecule has 0 saturated heterocycles. The molecule has 0 rings (SSSR count). The fraction of sp³-hybridized carbons (Fsp3) is 0.778. The standard InChI is InChI=1S/C9H17NO5/c1-2-14-9(13)10-7-8(12)15-6-4-3-5-11/h11H,2-7H2,1H3,(H,10,13). The Labute approximate surface area is 88.6 Å². The Morgan fingerprint density at radius 2 is 2.00 bits per heavy atom. The minimum Gasteiger partial charge on any atom is -0.464 e. The molecule has 15 heavy (non-hydrogen) atoms. The second-order valence-electron chi connectivity index (χ2n) is 2.73. The first kappa shape index (κ1) is 13.7. The molecule has 0 aliphatic rings. The van der Waals surface area contributed by atoms with Crippen molar-refractivity contribution in [3.05, 3.63) is 0 Å². The van der Waals surface area contributed by atoms with Gasteiger partial charge in [-0.1, -0.05) is 0 Å². The fourth-order valence-electron chi connectivity index (χ4n) is 0.777. The molecule has 0 saturated carbocycles. The molecule has 6 nitrogen and oxygen atoms in total. The zero-order valence-electron chi connectivity index (χ0n) is 8.82. The van der Waals surface area contributed by atoms with Crippen LogP contribution in [0, 0.1) is 0 Å². The summed E-state index contributed by atoms with van der Waals surface area (Å²) < 4.78 is 9.30. The maximum Gasteiger partial charge on any atom is 0.407 e. The lowest BCUT2D eigenvalue weighted by molar-refractivity contribution is -0.142. The van der Waals surface area contributed by atoms with Gasteiger partial charge >= 0.3 is 12.1 Å². The number of carbonyl (C=O) groups is 2. The third kappa shape index (κ3) is 9.01. The Kier molecular flexibility index (Phi) is 8.46. The van der Waals surface area contributed by atoms with E-state index in [1.54, 1.807) is 6.92 Å². The van der Waals surface area contributed by atoms with Gasteiger partial charge in [0.05, 0.1) is 13.2 Å². The van der Waals surface area contributed by atoms with Crippen molar-refractivity contribution in [2.24, 2.45) is 0 Å². The summed E-state index contributed by atoms with van der Waals surface area (Å²) in [6.45, 7) is 2.07. The van der Waals surface area contributed by atoms with Gasteiger partial charge in [-0.15, -0.1) is 0 Å². The number of rotatable bonds is 7. The smallest absolute Gasteiger partial charge is 0.407 e. The maximum atomic E-state index is 11.0. The molecular weight excluding hydrogens is 202 g/mol. The van der Waals surface area contributed by atoms with Gasteiger partial charge in [-0.3, -0.25) is 4.79 Å². The lowest BCUT2D eigenvalue weighted by atomic mass is 10.3. The molecule has 0 aliphatic carbocycles. The molecule has 0 radical (unpaired) electrons. The summed E-state index contributed by atoms with van der Waals surface area (Å²) in [7, 11) is 0. The largest absolute Gasteiger partial charge is 0.464 e. The first-order valence-corrected chi connectivity index (χ1v) is 4.87. The van der Waals surface area contributed by atoms with Crippen molar-refractivity contribution in [1.82, 2.24) is 5.32 Å². The molecule has 88 valence electrons. The first-order chi connectivity index (χ1) is 7.20. The van der Waals surface area contributed by atoms with Crippen LogP contribution in [0.2, 0.25) is 0 Å². The Bertz CT molecular complexity index is 195. The first-order valence-electron chi connectivity index (χ1n) is 4.87. The highest BCUT2D eigenvalue weighted by Crippen LogP contribution is 1.88. The topological polar surface area (TPSA) is 84.9 Å². The van der Waals surface area contributed by atoms with Gasteiger partial charge in [-0.25, -0.2) is 4.79 Å². The number of unbranched alkanes of at least 4 members (excludes halogenated alkanes) is 1. The van der Waals surface area contributed by atoms with E-state index in [1.165, 1.54) is 0 Å². The van der Waals surface area contributed by atoms with E-state index in [4.69, 9.17) is 9.84 Å². The summed E-state index contributed by atoms with van der Waals surface area (Å²) in [5.41, 5.74) is 0. The normalized spacial score (nSPS) is 9.47. The van der Waals surface area contributed by atoms with E-state index in [-0.39, 0.29) is 26.4 Å². The molecule has 0 aromatic heterocycles. The number of carbonyl (C=O) groups excluding carboxylic acids is 2. The second kappa shape index (κ2) is 9.26. The lowest BCUT2D eigenvalue weighted by Crippen LogP contribution is -2.31. The van der Waals surface area contributed by atoms with Crippen LogP contribution in [0.5, 0.6) is 0 Å². The van der Waals surface area contributed by atoms with Gasteiger partial charge in [0.1, 0.15) is 6.54 Å². The molecule has 0 heterocycles. The van der Waals surface area contributed by atoms with Gasteiger partial charge in [0.25, 0.3) is 0 Å². The van der Waals surface area contributed by atoms with Crippen molar-refractivity contribution in [1.29, 1.82) is 0 Å². The van der Waals surface area contributed by atoms with E-state index in [2.05, 4.69) is 10.1 Å². The highest BCUT2D eigenvalue weighted by atomic mass is 16.6. The van der Waals surface area contributed by atoms with Gasteiger partial charge in [-0.05, 0) is 19.8 Å². The van der Waals surface area contributed by atoms with Gasteiger partial charge in [0, 0.05) is 6.61 Å². The predicted molar refractivity (Wildman–Crippen MR) is 52.3 cm³/mol. The van der Waals surface area contributed by atoms with E-state index in [1.807, 2.05) is 0 Å². The molecule has 0 bridgehead atoms. The number of aliphatic hydroxyl groups excluding tert-OH is 1. The summed E-state index contributed by atoms with van der Waals surface area (Å²) in [5.74, 6) is -0.513. The number of alkyl carbamates (subject to hydrolysis) is 1. The van der Waals surface area contributed by atoms with Crippen LogP contribution in [0.4, 0.5) is 4.79 Å². The van der Waals surface area contributed by atoms with Crippen LogP contribution >= 0.6 is 0 Å². The number of esters is 1. The van der Waals surface area contributed by atoms with Crippen LogP contribution in [-0.4, -0.2) is 43.5 Å². The van der Waals surface area contributed by atoms with E-state index in [9.17, 15) is 9.59 Å². The Balaban J connectivity index is 3.36. The summed E-state index contributed by atoms with van der Waals surface area (Å²) in [6, 6.07) is 0. The molecule has 0 aromatic rings. The number of ether oxygens (including phenoxy) is 2. The van der Waals surface area contributed by atoms with Crippen molar-refractivity contribution < 1.29 is 24.2 Å². The van der Waals surface area contributed by atoms with Crippen molar-refractivity contribution >= 4 is 12.1 Å². The molecule has 0 unspecified atom stereocenters. The highest BCUT2D eigenvalue weighted by Gasteiger charge is 2.05. The zero-order chi connectivity index (χ0) is 11.5. The van der Waals surface area contributed by atoms with Crippen molar-refractivity contribution in [3.8, 4) is 0 Å². The zero-order valence-corrected chi connectivity index (χ0v) is 8.82. The van der Waals surface area contributed by atoms with E-state index in [0.717, 1.165) is 0 Å². The van der Waals surface area contributed by atoms with Crippen LogP contribution in [-0.2, 0) is 14.3 Å². The van der Waals surface area contributed by atoms with Crippen molar-refractivity contribution in [2.45, 2.75) is 19.8 Å². The van der Waals surface area contributed by atoms with Gasteiger partial charge < -0.3 is 19.9 Å². The average molecular weight is 219 g/mol. The minimum absolute atomic E-state index is 0.0820. The highest BCUT2D eigenvalue weighted by molar-refractivity contribution is 5.77. The molecule has 6 heteroatoms. The average Bonchev–Trinajstić information content (AvgIpc) is 2.22. The summed E-state index contributed by atoms with van der Waals surface area (Å²) in [4.78, 5) is 21.7. The van der Waals surface area contributed by atoms with Crippen LogP contribution in [0.25, 0.3) is 0 Å². The molecule has 0 aliphatic heterocycles. The monoisotopic (exact) mass is 219 g/mol. The van der Waals surface area contributed by atoms with Gasteiger partial charge in [0.15, 0.2) is 0 Å². The van der Waals surface area contributed by atoms with E-state index in [0.29, 0.717) is 12.8 Å². The Morgan fingerprint density at radius 1 is 1.27 bits per heavy atom. The SMILES string of the molecule is CCOC(=O)NCC(=O)OCCCCO. The summed E-state index contributed by atoms with van der Waals surface area (Å²) >= 11 is 0. The predicted octanol–water partition coefficient (Wildman–Crippen LogP) is 0.0482. The Hall–Kier alpha value is -1.30. The number of hydrogen-bond acceptors (Lipinski definition) is 5. The van der Waals surface area contributed by atoms with Crippen molar-refractivity contribution in [3.63, 3.8) is 0 Å².